The van der Waals surface area contributed by atoms with Gasteiger partial charge in [-0.25, -0.2) is 15.8 Å². The van der Waals surface area contributed by atoms with Gasteiger partial charge in [0.1, 0.15) is 11.5 Å². The first-order chi connectivity index (χ1) is 9.19. The number of nitrogens with two attached hydrogens (primary N) is 1. The number of pyridine rings is 1. The first-order valence-electron chi connectivity index (χ1n) is 6.49. The molecule has 1 aliphatic carbocycles. The van der Waals surface area contributed by atoms with Crippen LogP contribution in [0.4, 0.5) is 5.82 Å². The van der Waals surface area contributed by atoms with E-state index < -0.39 is 0 Å². The van der Waals surface area contributed by atoms with Gasteiger partial charge in [-0.05, 0) is 44.2 Å². The monoisotopic (exact) mass is 255 g/mol. The van der Waals surface area contributed by atoms with Gasteiger partial charge >= 0.3 is 0 Å². The van der Waals surface area contributed by atoms with Gasteiger partial charge in [0.25, 0.3) is 0 Å². The van der Waals surface area contributed by atoms with Crippen molar-refractivity contribution >= 4 is 5.82 Å². The second kappa shape index (κ2) is 4.59. The molecule has 0 unspecified atom stereocenters. The third-order valence-electron chi connectivity index (χ3n) is 3.50. The van der Waals surface area contributed by atoms with Crippen molar-refractivity contribution in [2.75, 3.05) is 5.43 Å². The molecule has 0 amide bonds. The number of nitrogen functional groups attached to an aromatic ring is 1. The minimum Gasteiger partial charge on any atom is -0.308 e. The van der Waals surface area contributed by atoms with Crippen molar-refractivity contribution in [1.29, 1.82) is 0 Å². The van der Waals surface area contributed by atoms with Crippen LogP contribution in [0, 0.1) is 13.8 Å². The van der Waals surface area contributed by atoms with Crippen LogP contribution in [0.2, 0.25) is 0 Å². The summed E-state index contributed by atoms with van der Waals surface area (Å²) in [7, 11) is 0. The van der Waals surface area contributed by atoms with Gasteiger partial charge in [-0.3, -0.25) is 4.98 Å². The van der Waals surface area contributed by atoms with E-state index in [1.54, 1.807) is 0 Å². The minimum absolute atomic E-state index is 0.658. The van der Waals surface area contributed by atoms with Crippen molar-refractivity contribution in [3.05, 3.63) is 34.6 Å². The average Bonchev–Trinajstić information content (AvgIpc) is 2.85. The topological polar surface area (TPSA) is 76.7 Å². The molecule has 2 aromatic rings. The Morgan fingerprint density at radius 3 is 2.79 bits per heavy atom. The Morgan fingerprint density at radius 1 is 1.21 bits per heavy atom. The molecule has 0 radical (unpaired) electrons. The molecule has 1 aliphatic rings. The molecule has 2 aromatic heterocycles. The summed E-state index contributed by atoms with van der Waals surface area (Å²) in [5.74, 6) is 6.97. The van der Waals surface area contributed by atoms with Gasteiger partial charge in [-0.15, -0.1) is 0 Å². The van der Waals surface area contributed by atoms with E-state index in [0.29, 0.717) is 5.82 Å². The zero-order chi connectivity index (χ0) is 13.4. The van der Waals surface area contributed by atoms with Gasteiger partial charge in [0.05, 0.1) is 0 Å². The number of hydrazine groups is 1. The number of hydrogen-bond donors (Lipinski definition) is 2. The Kier molecular flexibility index (Phi) is 2.91. The molecule has 5 nitrogen and oxygen atoms in total. The van der Waals surface area contributed by atoms with E-state index in [1.807, 2.05) is 20.0 Å². The van der Waals surface area contributed by atoms with E-state index in [2.05, 4.69) is 26.4 Å². The van der Waals surface area contributed by atoms with Gasteiger partial charge in [0.15, 0.2) is 5.82 Å². The highest BCUT2D eigenvalue weighted by atomic mass is 15.3. The molecule has 2 heterocycles. The largest absolute Gasteiger partial charge is 0.308 e. The fourth-order valence-electron chi connectivity index (χ4n) is 2.61. The first kappa shape index (κ1) is 12.0. The van der Waals surface area contributed by atoms with Crippen LogP contribution < -0.4 is 11.3 Å². The Labute approximate surface area is 112 Å². The van der Waals surface area contributed by atoms with Crippen LogP contribution in [0.15, 0.2) is 12.3 Å². The smallest absolute Gasteiger partial charge is 0.180 e. The standard InChI is InChI=1S/C14H17N5/c1-8-6-9(2)12(16-7-8)14-17-11-5-3-4-10(11)13(18-14)19-15/h6-7H,3-5,15H2,1-2H3,(H,17,18,19). The molecular weight excluding hydrogens is 238 g/mol. The molecule has 3 rings (SSSR count). The average molecular weight is 255 g/mol. The van der Waals surface area contributed by atoms with E-state index in [1.165, 1.54) is 0 Å². The number of anilines is 1. The number of aryl methyl sites for hydroxylation is 3. The van der Waals surface area contributed by atoms with Crippen molar-refractivity contribution in [2.24, 2.45) is 5.84 Å². The number of nitrogens with zero attached hydrogens (tertiary/aromatic N) is 3. The van der Waals surface area contributed by atoms with E-state index in [4.69, 9.17) is 5.84 Å². The number of fused-ring (bicyclic) bond motifs is 1. The van der Waals surface area contributed by atoms with E-state index in [9.17, 15) is 0 Å². The molecule has 0 saturated carbocycles. The van der Waals surface area contributed by atoms with Crippen LogP contribution in [-0.2, 0) is 12.8 Å². The van der Waals surface area contributed by atoms with Gasteiger partial charge < -0.3 is 5.43 Å². The maximum absolute atomic E-state index is 5.57. The van der Waals surface area contributed by atoms with Crippen molar-refractivity contribution in [3.8, 4) is 11.5 Å². The Bertz CT molecular complexity index is 636. The van der Waals surface area contributed by atoms with Gasteiger partial charge in [-0.2, -0.15) is 0 Å². The lowest BCUT2D eigenvalue weighted by atomic mass is 10.1. The minimum atomic E-state index is 0.658. The lowest BCUT2D eigenvalue weighted by Gasteiger charge is -2.10. The molecule has 0 fully saturated rings. The van der Waals surface area contributed by atoms with Crippen LogP contribution in [0.1, 0.15) is 28.8 Å². The number of aromatic nitrogens is 3. The zero-order valence-electron chi connectivity index (χ0n) is 11.2. The van der Waals surface area contributed by atoms with Crippen LogP contribution in [0.3, 0.4) is 0 Å². The summed E-state index contributed by atoms with van der Waals surface area (Å²) in [6.07, 6.45) is 4.94. The molecule has 3 N–H and O–H groups in total. The molecule has 0 aromatic carbocycles. The second-order valence-electron chi connectivity index (χ2n) is 5.00. The van der Waals surface area contributed by atoms with Crippen molar-refractivity contribution in [1.82, 2.24) is 15.0 Å². The molecule has 0 spiro atoms. The molecule has 19 heavy (non-hydrogen) atoms. The second-order valence-corrected chi connectivity index (χ2v) is 5.00. The maximum Gasteiger partial charge on any atom is 0.180 e. The van der Waals surface area contributed by atoms with Crippen LogP contribution in [0.25, 0.3) is 11.5 Å². The zero-order valence-corrected chi connectivity index (χ0v) is 11.2. The van der Waals surface area contributed by atoms with Gasteiger partial charge in [0, 0.05) is 17.5 Å². The molecule has 0 bridgehead atoms. The third kappa shape index (κ3) is 2.06. The summed E-state index contributed by atoms with van der Waals surface area (Å²) in [6.45, 7) is 4.06. The fraction of sp³-hybridized carbons (Fsp3) is 0.357. The summed E-state index contributed by atoms with van der Waals surface area (Å²) < 4.78 is 0. The quantitative estimate of drug-likeness (QED) is 0.633. The van der Waals surface area contributed by atoms with Crippen molar-refractivity contribution in [2.45, 2.75) is 33.1 Å². The summed E-state index contributed by atoms with van der Waals surface area (Å²) in [4.78, 5) is 13.6. The lowest BCUT2D eigenvalue weighted by molar-refractivity contribution is 0.899. The first-order valence-corrected chi connectivity index (χ1v) is 6.49. The SMILES string of the molecule is Cc1cnc(-c2nc3c(c(NN)n2)CCC3)c(C)c1. The highest BCUT2D eigenvalue weighted by molar-refractivity contribution is 5.60. The summed E-state index contributed by atoms with van der Waals surface area (Å²) in [5.41, 5.74) is 7.99. The number of nitrogens with one attached hydrogen (secondary N) is 1. The highest BCUT2D eigenvalue weighted by Gasteiger charge is 2.20. The van der Waals surface area contributed by atoms with E-state index in [-0.39, 0.29) is 0 Å². The summed E-state index contributed by atoms with van der Waals surface area (Å²) in [6, 6.07) is 2.09. The predicted octanol–water partition coefficient (Wildman–Crippen LogP) is 1.93. The highest BCUT2D eigenvalue weighted by Crippen LogP contribution is 2.29. The van der Waals surface area contributed by atoms with E-state index in [0.717, 1.165) is 53.2 Å². The van der Waals surface area contributed by atoms with Crippen molar-refractivity contribution < 1.29 is 0 Å². The Morgan fingerprint density at radius 2 is 2.05 bits per heavy atom. The van der Waals surface area contributed by atoms with Crippen molar-refractivity contribution in [3.63, 3.8) is 0 Å². The Hall–Kier alpha value is -2.01. The molecule has 0 atom stereocenters. The number of hydrogen-bond acceptors (Lipinski definition) is 5. The lowest BCUT2D eigenvalue weighted by Crippen LogP contribution is -2.13. The third-order valence-corrected chi connectivity index (χ3v) is 3.50. The normalized spacial score (nSPS) is 13.4. The predicted molar refractivity (Wildman–Crippen MR) is 74.6 cm³/mol. The fourth-order valence-corrected chi connectivity index (χ4v) is 2.61. The molecule has 0 aliphatic heterocycles. The van der Waals surface area contributed by atoms with Crippen LogP contribution in [-0.4, -0.2) is 15.0 Å². The molecule has 0 saturated heterocycles. The summed E-state index contributed by atoms with van der Waals surface area (Å²) in [5, 5.41) is 0. The van der Waals surface area contributed by atoms with Gasteiger partial charge in [-0.1, -0.05) is 6.07 Å². The van der Waals surface area contributed by atoms with Crippen LogP contribution in [0.5, 0.6) is 0 Å². The summed E-state index contributed by atoms with van der Waals surface area (Å²) >= 11 is 0. The molecular formula is C14H17N5. The van der Waals surface area contributed by atoms with Crippen LogP contribution >= 0.6 is 0 Å². The molecule has 98 valence electrons. The van der Waals surface area contributed by atoms with Gasteiger partial charge in [0.2, 0.25) is 0 Å². The number of rotatable bonds is 2. The van der Waals surface area contributed by atoms with E-state index >= 15 is 0 Å². The Balaban J connectivity index is 2.15. The maximum atomic E-state index is 5.57. The molecule has 5 heteroatoms.